The van der Waals surface area contributed by atoms with Crippen LogP contribution in [0.4, 0.5) is 4.39 Å². The number of fused-ring (bicyclic) bond motifs is 1. The molecule has 1 heteroatoms. The zero-order valence-electron chi connectivity index (χ0n) is 9.36. The molecule has 1 aromatic carbocycles. The number of benzene rings is 1. The second kappa shape index (κ2) is 5.14. The van der Waals surface area contributed by atoms with Crippen LogP contribution in [0.1, 0.15) is 35.1 Å². The lowest BCUT2D eigenvalue weighted by Gasteiger charge is -2.19. The molecule has 0 heterocycles. The first-order valence-electron chi connectivity index (χ1n) is 5.25. The van der Waals surface area contributed by atoms with Gasteiger partial charge in [0.25, 0.3) is 0 Å². The van der Waals surface area contributed by atoms with E-state index in [1.807, 2.05) is 0 Å². The Morgan fingerprint density at radius 1 is 1.00 bits per heavy atom. The second-order valence-electron chi connectivity index (χ2n) is 3.85. The van der Waals surface area contributed by atoms with Crippen molar-refractivity contribution in [2.24, 2.45) is 0 Å². The Morgan fingerprint density at radius 3 is 2.36 bits per heavy atom. The molecule has 0 bridgehead atoms. The molecule has 0 unspecified atom stereocenters. The fourth-order valence-electron chi connectivity index (χ4n) is 2.13. The zero-order chi connectivity index (χ0) is 10.6. The van der Waals surface area contributed by atoms with Crippen LogP contribution in [0.25, 0.3) is 0 Å². The maximum atomic E-state index is 9.50. The van der Waals surface area contributed by atoms with Crippen LogP contribution in [0.5, 0.6) is 0 Å². The molecule has 1 aliphatic carbocycles. The topological polar surface area (TPSA) is 0 Å². The van der Waals surface area contributed by atoms with E-state index in [1.165, 1.54) is 36.8 Å². The third-order valence-electron chi connectivity index (χ3n) is 3.09. The van der Waals surface area contributed by atoms with Crippen LogP contribution in [-0.4, -0.2) is 7.18 Å². The molecule has 78 valence electrons. The van der Waals surface area contributed by atoms with Crippen LogP contribution in [-0.2, 0) is 12.8 Å². The molecule has 0 spiro atoms. The molecule has 0 nitrogen and oxygen atoms in total. The molecule has 0 saturated heterocycles. The van der Waals surface area contributed by atoms with Gasteiger partial charge >= 0.3 is 0 Å². The number of rotatable bonds is 0. The van der Waals surface area contributed by atoms with Gasteiger partial charge in [-0.15, -0.1) is 0 Å². The molecule has 1 aromatic rings. The molecule has 0 fully saturated rings. The van der Waals surface area contributed by atoms with Gasteiger partial charge in [0.15, 0.2) is 0 Å². The Hall–Kier alpha value is -0.850. The van der Waals surface area contributed by atoms with Crippen LogP contribution in [0.15, 0.2) is 12.1 Å². The normalized spacial score (nSPS) is 14.0. The van der Waals surface area contributed by atoms with Crippen LogP contribution < -0.4 is 0 Å². The monoisotopic (exact) mass is 194 g/mol. The lowest BCUT2D eigenvalue weighted by atomic mass is 9.87. The van der Waals surface area contributed by atoms with E-state index < -0.39 is 0 Å². The minimum atomic E-state index is 0.500. The lowest BCUT2D eigenvalue weighted by Crippen LogP contribution is -2.05. The zero-order valence-corrected chi connectivity index (χ0v) is 9.36. The van der Waals surface area contributed by atoms with Gasteiger partial charge in [-0.05, 0) is 61.8 Å². The number of aryl methyl sites for hydroxylation is 2. The summed E-state index contributed by atoms with van der Waals surface area (Å²) >= 11 is 0. The van der Waals surface area contributed by atoms with Crippen molar-refractivity contribution in [1.82, 2.24) is 0 Å². The Labute approximate surface area is 86.2 Å². The summed E-state index contributed by atoms with van der Waals surface area (Å²) < 4.78 is 9.50. The molecule has 0 amide bonds. The molecule has 2 rings (SSSR count). The van der Waals surface area contributed by atoms with Crippen molar-refractivity contribution < 1.29 is 4.39 Å². The van der Waals surface area contributed by atoms with E-state index in [9.17, 15) is 4.39 Å². The van der Waals surface area contributed by atoms with Crippen molar-refractivity contribution in [3.63, 3.8) is 0 Å². The van der Waals surface area contributed by atoms with E-state index >= 15 is 0 Å². The van der Waals surface area contributed by atoms with Gasteiger partial charge in [0, 0.05) is 0 Å². The van der Waals surface area contributed by atoms with Crippen molar-refractivity contribution >= 4 is 0 Å². The summed E-state index contributed by atoms with van der Waals surface area (Å²) in [4.78, 5) is 0. The largest absolute Gasteiger partial charge is 0.255 e. The molecular weight excluding hydrogens is 175 g/mol. The standard InChI is InChI=1S/C12H16.CH3F/c1-9-7-8-11-5-3-4-6-12(11)10(9)2;1-2/h7-8H,3-6H2,1-2H3;1H3. The highest BCUT2D eigenvalue weighted by Gasteiger charge is 2.11. The number of hydrogen-bond acceptors (Lipinski definition) is 0. The molecule has 0 aliphatic heterocycles. The van der Waals surface area contributed by atoms with Crippen molar-refractivity contribution in [3.8, 4) is 0 Å². The molecule has 0 radical (unpaired) electrons. The smallest absolute Gasteiger partial charge is 0.0785 e. The summed E-state index contributed by atoms with van der Waals surface area (Å²) in [6.07, 6.45) is 5.38. The van der Waals surface area contributed by atoms with Gasteiger partial charge in [0.2, 0.25) is 0 Å². The summed E-state index contributed by atoms with van der Waals surface area (Å²) in [7, 11) is 0.500. The van der Waals surface area contributed by atoms with Gasteiger partial charge in [0.05, 0.1) is 7.18 Å². The van der Waals surface area contributed by atoms with Gasteiger partial charge in [0.1, 0.15) is 0 Å². The summed E-state index contributed by atoms with van der Waals surface area (Å²) in [5, 5.41) is 0. The van der Waals surface area contributed by atoms with Gasteiger partial charge in [-0.1, -0.05) is 12.1 Å². The molecule has 0 aromatic heterocycles. The number of hydrogen-bond donors (Lipinski definition) is 0. The third kappa shape index (κ3) is 2.14. The minimum absolute atomic E-state index is 0.500. The highest BCUT2D eigenvalue weighted by molar-refractivity contribution is 5.40. The van der Waals surface area contributed by atoms with Gasteiger partial charge in [-0.2, -0.15) is 0 Å². The van der Waals surface area contributed by atoms with Crippen LogP contribution >= 0.6 is 0 Å². The molecule has 0 atom stereocenters. The second-order valence-corrected chi connectivity index (χ2v) is 3.85. The quantitative estimate of drug-likeness (QED) is 0.589. The molecular formula is C13H19F. The molecule has 0 saturated carbocycles. The summed E-state index contributed by atoms with van der Waals surface area (Å²) in [5.41, 5.74) is 6.23. The summed E-state index contributed by atoms with van der Waals surface area (Å²) in [6, 6.07) is 4.58. The van der Waals surface area contributed by atoms with Crippen LogP contribution in [0.2, 0.25) is 0 Å². The number of alkyl halides is 1. The van der Waals surface area contributed by atoms with Crippen molar-refractivity contribution in [2.75, 3.05) is 7.18 Å². The molecule has 1 aliphatic rings. The summed E-state index contributed by atoms with van der Waals surface area (Å²) in [5.74, 6) is 0. The average molecular weight is 194 g/mol. The lowest BCUT2D eigenvalue weighted by molar-refractivity contribution is 0.636. The third-order valence-corrected chi connectivity index (χ3v) is 3.09. The van der Waals surface area contributed by atoms with Gasteiger partial charge in [-0.3, -0.25) is 4.39 Å². The van der Waals surface area contributed by atoms with Gasteiger partial charge < -0.3 is 0 Å². The SMILES string of the molecule is CF.Cc1ccc2c(c1C)CCCC2. The van der Waals surface area contributed by atoms with E-state index in [4.69, 9.17) is 0 Å². The Morgan fingerprint density at radius 2 is 1.64 bits per heavy atom. The first kappa shape index (κ1) is 11.2. The molecule has 14 heavy (non-hydrogen) atoms. The van der Waals surface area contributed by atoms with E-state index in [1.54, 1.807) is 11.1 Å². The summed E-state index contributed by atoms with van der Waals surface area (Å²) in [6.45, 7) is 4.48. The highest BCUT2D eigenvalue weighted by Crippen LogP contribution is 2.25. The van der Waals surface area contributed by atoms with E-state index in [-0.39, 0.29) is 0 Å². The van der Waals surface area contributed by atoms with Crippen LogP contribution in [0.3, 0.4) is 0 Å². The first-order chi connectivity index (χ1) is 6.79. The van der Waals surface area contributed by atoms with E-state index in [2.05, 4.69) is 26.0 Å². The Bertz CT molecular complexity index is 302. The van der Waals surface area contributed by atoms with E-state index in [0.29, 0.717) is 7.18 Å². The van der Waals surface area contributed by atoms with Crippen molar-refractivity contribution in [2.45, 2.75) is 39.5 Å². The predicted molar refractivity (Wildman–Crippen MR) is 59.6 cm³/mol. The maximum Gasteiger partial charge on any atom is 0.0785 e. The first-order valence-corrected chi connectivity index (χ1v) is 5.25. The van der Waals surface area contributed by atoms with Crippen LogP contribution in [0, 0.1) is 13.8 Å². The predicted octanol–water partition coefficient (Wildman–Crippen LogP) is 3.77. The minimum Gasteiger partial charge on any atom is -0.255 e. The molecule has 0 N–H and O–H groups in total. The highest BCUT2D eigenvalue weighted by atomic mass is 19.1. The van der Waals surface area contributed by atoms with E-state index in [0.717, 1.165) is 0 Å². The fraction of sp³-hybridized carbons (Fsp3) is 0.538. The number of halogens is 1. The van der Waals surface area contributed by atoms with Gasteiger partial charge in [-0.25, -0.2) is 0 Å². The van der Waals surface area contributed by atoms with Crippen molar-refractivity contribution in [1.29, 1.82) is 0 Å². The Kier molecular flexibility index (Phi) is 4.12. The maximum absolute atomic E-state index is 9.50. The average Bonchev–Trinajstić information content (AvgIpc) is 2.27. The van der Waals surface area contributed by atoms with Crippen molar-refractivity contribution in [3.05, 3.63) is 34.4 Å². The fourth-order valence-corrected chi connectivity index (χ4v) is 2.13. The Balaban J connectivity index is 0.000000461.